The molecule has 26 heavy (non-hydrogen) atoms. The molecule has 2 fully saturated rings. The van der Waals surface area contributed by atoms with Crippen LogP contribution >= 0.6 is 0 Å². The molecular weight excluding hydrogens is 328 g/mol. The monoisotopic (exact) mass is 356 g/mol. The first kappa shape index (κ1) is 17.7. The van der Waals surface area contributed by atoms with Gasteiger partial charge in [-0.3, -0.25) is 9.78 Å². The second-order valence-corrected chi connectivity index (χ2v) is 7.81. The van der Waals surface area contributed by atoms with Gasteiger partial charge in [0.2, 0.25) is 5.91 Å². The maximum Gasteiger partial charge on any atom is 0.226 e. The van der Waals surface area contributed by atoms with E-state index in [9.17, 15) is 4.79 Å². The minimum absolute atomic E-state index is 0.184. The lowest BCUT2D eigenvalue weighted by molar-refractivity contribution is -0.202. The lowest BCUT2D eigenvalue weighted by atomic mass is 9.84. The van der Waals surface area contributed by atoms with Crippen LogP contribution < -0.4 is 0 Å². The van der Waals surface area contributed by atoms with E-state index in [0.717, 1.165) is 31.4 Å². The summed E-state index contributed by atoms with van der Waals surface area (Å²) in [5.74, 6) is 0.254. The van der Waals surface area contributed by atoms with Crippen molar-refractivity contribution in [3.05, 3.63) is 41.7 Å². The van der Waals surface area contributed by atoms with Gasteiger partial charge in [0, 0.05) is 25.6 Å². The molecule has 1 aliphatic carbocycles. The van der Waals surface area contributed by atoms with E-state index in [4.69, 9.17) is 9.47 Å². The standard InChI is InChI=1S/C21H28N2O3/c24-20(12-17-6-2-1-3-7-17)23-15-21(16-23)13-19(9-11-26-21)25-14-18-8-4-5-10-22-18/h4-6,8,10,19H,1-3,7,9,11-16H2. The minimum Gasteiger partial charge on any atom is -0.372 e. The van der Waals surface area contributed by atoms with Gasteiger partial charge in [-0.15, -0.1) is 0 Å². The average Bonchev–Trinajstić information content (AvgIpc) is 2.66. The van der Waals surface area contributed by atoms with Gasteiger partial charge in [0.1, 0.15) is 5.60 Å². The van der Waals surface area contributed by atoms with Crippen LogP contribution in [0.2, 0.25) is 0 Å². The lowest BCUT2D eigenvalue weighted by Gasteiger charge is -2.53. The number of ether oxygens (including phenoxy) is 2. The normalized spacial score (nSPS) is 24.8. The van der Waals surface area contributed by atoms with E-state index in [1.165, 1.54) is 18.4 Å². The predicted octanol–water partition coefficient (Wildman–Crippen LogP) is 3.25. The Morgan fingerprint density at radius 2 is 2.27 bits per heavy atom. The molecule has 1 unspecified atom stereocenters. The number of nitrogens with zero attached hydrogens (tertiary/aromatic N) is 2. The van der Waals surface area contributed by atoms with Gasteiger partial charge < -0.3 is 14.4 Å². The Hall–Kier alpha value is -1.72. The molecule has 0 saturated carbocycles. The molecule has 1 spiro atoms. The maximum absolute atomic E-state index is 12.5. The molecule has 2 saturated heterocycles. The van der Waals surface area contributed by atoms with Crippen molar-refractivity contribution >= 4 is 5.91 Å². The molecule has 1 amide bonds. The number of rotatable bonds is 5. The summed E-state index contributed by atoms with van der Waals surface area (Å²) in [4.78, 5) is 18.8. The number of allylic oxidation sites excluding steroid dienone is 1. The van der Waals surface area contributed by atoms with Crippen molar-refractivity contribution in [2.45, 2.75) is 63.3 Å². The predicted molar refractivity (Wildman–Crippen MR) is 98.5 cm³/mol. The van der Waals surface area contributed by atoms with Crippen molar-refractivity contribution in [3.8, 4) is 0 Å². The van der Waals surface area contributed by atoms with Gasteiger partial charge >= 0.3 is 0 Å². The first-order chi connectivity index (χ1) is 12.7. The molecule has 0 aromatic carbocycles. The van der Waals surface area contributed by atoms with Gasteiger partial charge in [0.05, 0.1) is 31.5 Å². The van der Waals surface area contributed by atoms with Gasteiger partial charge in [-0.05, 0) is 44.2 Å². The Bertz CT molecular complexity index is 652. The van der Waals surface area contributed by atoms with Gasteiger partial charge in [0.15, 0.2) is 0 Å². The van der Waals surface area contributed by atoms with Crippen molar-refractivity contribution < 1.29 is 14.3 Å². The first-order valence-corrected chi connectivity index (χ1v) is 9.84. The summed E-state index contributed by atoms with van der Waals surface area (Å²) >= 11 is 0. The summed E-state index contributed by atoms with van der Waals surface area (Å²) in [6.45, 7) is 2.67. The van der Waals surface area contributed by atoms with Crippen molar-refractivity contribution in [2.24, 2.45) is 0 Å². The summed E-state index contributed by atoms with van der Waals surface area (Å²) in [5, 5.41) is 0. The highest BCUT2D eigenvalue weighted by Gasteiger charge is 2.49. The van der Waals surface area contributed by atoms with Gasteiger partial charge in [-0.1, -0.05) is 17.7 Å². The van der Waals surface area contributed by atoms with Crippen LogP contribution in [0.15, 0.2) is 36.0 Å². The Labute approximate surface area is 155 Å². The van der Waals surface area contributed by atoms with Crippen LogP contribution in [0.3, 0.4) is 0 Å². The van der Waals surface area contributed by atoms with Crippen molar-refractivity contribution in [1.29, 1.82) is 0 Å². The maximum atomic E-state index is 12.5. The number of carbonyl (C=O) groups is 1. The van der Waals surface area contributed by atoms with Crippen LogP contribution in [0.1, 0.15) is 50.6 Å². The largest absolute Gasteiger partial charge is 0.372 e. The highest BCUT2D eigenvalue weighted by Crippen LogP contribution is 2.36. The summed E-state index contributed by atoms with van der Waals surface area (Å²) in [5.41, 5.74) is 2.09. The molecule has 0 radical (unpaired) electrons. The number of hydrogen-bond donors (Lipinski definition) is 0. The number of aromatic nitrogens is 1. The number of pyridine rings is 1. The van der Waals surface area contributed by atoms with Crippen LogP contribution in [0, 0.1) is 0 Å². The van der Waals surface area contributed by atoms with Crippen LogP contribution in [0.4, 0.5) is 0 Å². The van der Waals surface area contributed by atoms with Crippen molar-refractivity contribution in [2.75, 3.05) is 19.7 Å². The molecule has 0 N–H and O–H groups in total. The van der Waals surface area contributed by atoms with E-state index in [1.807, 2.05) is 23.1 Å². The summed E-state index contributed by atoms with van der Waals surface area (Å²) in [7, 11) is 0. The molecule has 2 aliphatic heterocycles. The minimum atomic E-state index is -0.191. The molecule has 140 valence electrons. The van der Waals surface area contributed by atoms with Gasteiger partial charge in [-0.2, -0.15) is 0 Å². The van der Waals surface area contributed by atoms with Crippen LogP contribution in [0.25, 0.3) is 0 Å². The van der Waals surface area contributed by atoms with Gasteiger partial charge in [0.25, 0.3) is 0 Å². The molecule has 5 heteroatoms. The topological polar surface area (TPSA) is 51.7 Å². The fourth-order valence-electron chi connectivity index (χ4n) is 4.23. The highest BCUT2D eigenvalue weighted by molar-refractivity contribution is 5.80. The lowest BCUT2D eigenvalue weighted by Crippen LogP contribution is -2.67. The second kappa shape index (κ2) is 7.89. The van der Waals surface area contributed by atoms with E-state index in [-0.39, 0.29) is 17.6 Å². The highest BCUT2D eigenvalue weighted by atomic mass is 16.5. The van der Waals surface area contributed by atoms with Crippen LogP contribution in [-0.2, 0) is 20.9 Å². The Balaban J connectivity index is 1.24. The molecule has 3 aliphatic rings. The van der Waals surface area contributed by atoms with Crippen LogP contribution in [0.5, 0.6) is 0 Å². The second-order valence-electron chi connectivity index (χ2n) is 7.81. The fraction of sp³-hybridized carbons (Fsp3) is 0.619. The Morgan fingerprint density at radius 3 is 3.04 bits per heavy atom. The summed E-state index contributed by atoms with van der Waals surface area (Å²) in [6.07, 6.45) is 11.3. The average molecular weight is 356 g/mol. The number of carbonyl (C=O) groups excluding carboxylic acids is 1. The third-order valence-electron chi connectivity index (χ3n) is 5.71. The van der Waals surface area contributed by atoms with E-state index in [2.05, 4.69) is 11.1 Å². The first-order valence-electron chi connectivity index (χ1n) is 9.84. The molecule has 4 rings (SSSR count). The van der Waals surface area contributed by atoms with E-state index in [1.54, 1.807) is 6.20 Å². The Morgan fingerprint density at radius 1 is 1.35 bits per heavy atom. The van der Waals surface area contributed by atoms with E-state index in [0.29, 0.717) is 32.7 Å². The molecule has 1 aromatic rings. The zero-order chi connectivity index (χ0) is 17.8. The number of hydrogen-bond acceptors (Lipinski definition) is 4. The molecular formula is C21H28N2O3. The zero-order valence-corrected chi connectivity index (χ0v) is 15.4. The fourth-order valence-corrected chi connectivity index (χ4v) is 4.23. The Kier molecular flexibility index (Phi) is 5.36. The summed E-state index contributed by atoms with van der Waals surface area (Å²) in [6, 6.07) is 5.88. The third-order valence-corrected chi connectivity index (χ3v) is 5.71. The molecule has 1 aromatic heterocycles. The zero-order valence-electron chi connectivity index (χ0n) is 15.4. The van der Waals surface area contributed by atoms with E-state index < -0.39 is 0 Å². The van der Waals surface area contributed by atoms with Gasteiger partial charge in [-0.25, -0.2) is 0 Å². The van der Waals surface area contributed by atoms with E-state index >= 15 is 0 Å². The van der Waals surface area contributed by atoms with Crippen molar-refractivity contribution in [3.63, 3.8) is 0 Å². The third kappa shape index (κ3) is 4.15. The smallest absolute Gasteiger partial charge is 0.226 e. The quantitative estimate of drug-likeness (QED) is 0.760. The molecule has 1 atom stereocenters. The number of likely N-dealkylation sites (tertiary alicyclic amines) is 1. The number of amides is 1. The summed E-state index contributed by atoms with van der Waals surface area (Å²) < 4.78 is 12.1. The van der Waals surface area contributed by atoms with Crippen molar-refractivity contribution in [1.82, 2.24) is 9.88 Å². The molecule has 3 heterocycles. The SMILES string of the molecule is O=C(CC1=CCCCC1)N1CC2(CC(OCc3ccccn3)CCO2)C1. The van der Waals surface area contributed by atoms with Crippen LogP contribution in [-0.4, -0.2) is 47.2 Å². The molecule has 5 nitrogen and oxygen atoms in total. The molecule has 0 bridgehead atoms.